The van der Waals surface area contributed by atoms with E-state index in [0.717, 1.165) is 21.8 Å². The molecule has 3 rings (SSSR count). The Balaban J connectivity index is 1.56. The van der Waals surface area contributed by atoms with Gasteiger partial charge in [0.25, 0.3) is 11.6 Å². The molecule has 0 saturated heterocycles. The summed E-state index contributed by atoms with van der Waals surface area (Å²) in [5.74, 6) is -1.03. The number of nitrogens with zero attached hydrogens (tertiary/aromatic N) is 3. The molecule has 27 heavy (non-hydrogen) atoms. The lowest BCUT2D eigenvalue weighted by atomic mass is 10.2. The minimum absolute atomic E-state index is 0.0400. The number of thioether (sulfide) groups is 1. The normalized spacial score (nSPS) is 10.6. The zero-order valence-electron chi connectivity index (χ0n) is 14.0. The van der Waals surface area contributed by atoms with Gasteiger partial charge in [0.15, 0.2) is 0 Å². The number of benzene rings is 1. The molecule has 138 valence electrons. The second-order valence-corrected chi connectivity index (χ2v) is 7.22. The summed E-state index contributed by atoms with van der Waals surface area (Å²) in [6.07, 6.45) is 1.45. The van der Waals surface area contributed by atoms with E-state index in [0.29, 0.717) is 5.03 Å². The summed E-state index contributed by atoms with van der Waals surface area (Å²) in [6, 6.07) is 5.22. The number of hydrogen-bond acceptors (Lipinski definition) is 8. The average molecular weight is 403 g/mol. The van der Waals surface area contributed by atoms with Crippen LogP contribution in [0.1, 0.15) is 15.9 Å². The number of nitro groups is 1. The Morgan fingerprint density at radius 2 is 2.11 bits per heavy atom. The molecule has 1 aromatic carbocycles. The van der Waals surface area contributed by atoms with Gasteiger partial charge in [0.05, 0.1) is 20.9 Å². The van der Waals surface area contributed by atoms with Crippen molar-refractivity contribution < 1.29 is 14.5 Å². The maximum atomic E-state index is 12.0. The molecule has 3 aromatic rings. The lowest BCUT2D eigenvalue weighted by Crippen LogP contribution is -2.42. The van der Waals surface area contributed by atoms with Crippen molar-refractivity contribution in [2.45, 2.75) is 11.9 Å². The van der Waals surface area contributed by atoms with Crippen molar-refractivity contribution in [2.24, 2.45) is 0 Å². The number of nitrogens with one attached hydrogen (secondary N) is 2. The number of aromatic nitrogens is 2. The second kappa shape index (κ2) is 8.10. The summed E-state index contributed by atoms with van der Waals surface area (Å²) < 4.78 is 0.911. The Hall–Kier alpha value is -3.05. The monoisotopic (exact) mass is 403 g/mol. The van der Waals surface area contributed by atoms with Crippen LogP contribution in [-0.4, -0.2) is 32.5 Å². The van der Waals surface area contributed by atoms with Gasteiger partial charge in [-0.25, -0.2) is 9.97 Å². The minimum Gasteiger partial charge on any atom is -0.272 e. The molecule has 0 unspecified atom stereocenters. The molecular formula is C16H13N5O4S2. The SMILES string of the molecule is Cc1csc2c(SCC(=O)NNC(=O)c3cccc([N+](=O)[O-])c3)ncnc12. The van der Waals surface area contributed by atoms with Gasteiger partial charge < -0.3 is 0 Å². The van der Waals surface area contributed by atoms with E-state index >= 15 is 0 Å². The highest BCUT2D eigenvalue weighted by molar-refractivity contribution is 8.00. The van der Waals surface area contributed by atoms with Crippen molar-refractivity contribution >= 4 is 50.8 Å². The zero-order valence-corrected chi connectivity index (χ0v) is 15.6. The topological polar surface area (TPSA) is 127 Å². The molecule has 2 aromatic heterocycles. The zero-order chi connectivity index (χ0) is 19.4. The van der Waals surface area contributed by atoms with E-state index in [2.05, 4.69) is 20.8 Å². The van der Waals surface area contributed by atoms with Gasteiger partial charge in [-0.15, -0.1) is 11.3 Å². The quantitative estimate of drug-likeness (QED) is 0.290. The second-order valence-electron chi connectivity index (χ2n) is 5.37. The van der Waals surface area contributed by atoms with Gasteiger partial charge in [0.2, 0.25) is 5.91 Å². The molecular weight excluding hydrogens is 390 g/mol. The van der Waals surface area contributed by atoms with Gasteiger partial charge in [0.1, 0.15) is 11.4 Å². The Morgan fingerprint density at radius 1 is 1.30 bits per heavy atom. The number of fused-ring (bicyclic) bond motifs is 1. The maximum absolute atomic E-state index is 12.0. The molecule has 0 aliphatic heterocycles. The van der Waals surface area contributed by atoms with E-state index in [9.17, 15) is 19.7 Å². The number of aryl methyl sites for hydroxylation is 1. The summed E-state index contributed by atoms with van der Waals surface area (Å²) in [6.45, 7) is 1.95. The van der Waals surface area contributed by atoms with Crippen LogP contribution in [0.3, 0.4) is 0 Å². The molecule has 11 heteroatoms. The molecule has 0 aliphatic carbocycles. The molecule has 0 bridgehead atoms. The molecule has 0 atom stereocenters. The Kier molecular flexibility index (Phi) is 5.62. The Bertz CT molecular complexity index is 1040. The fourth-order valence-corrected chi connectivity index (χ4v) is 4.08. The van der Waals surface area contributed by atoms with Crippen molar-refractivity contribution in [3.63, 3.8) is 0 Å². The molecule has 9 nitrogen and oxygen atoms in total. The lowest BCUT2D eigenvalue weighted by molar-refractivity contribution is -0.384. The number of amides is 2. The molecule has 0 aliphatic rings. The number of non-ortho nitro benzene ring substituents is 1. The largest absolute Gasteiger partial charge is 0.272 e. The third kappa shape index (κ3) is 4.38. The summed E-state index contributed by atoms with van der Waals surface area (Å²) in [5, 5.41) is 13.4. The van der Waals surface area contributed by atoms with Crippen LogP contribution < -0.4 is 10.9 Å². The number of hydrazine groups is 1. The molecule has 0 fully saturated rings. The van der Waals surface area contributed by atoms with Crippen molar-refractivity contribution in [3.8, 4) is 0 Å². The van der Waals surface area contributed by atoms with Crippen LogP contribution >= 0.6 is 23.1 Å². The van der Waals surface area contributed by atoms with Crippen LogP contribution in [0.15, 0.2) is 41.0 Å². The number of carbonyl (C=O) groups excluding carboxylic acids is 2. The third-order valence-electron chi connectivity index (χ3n) is 3.47. The minimum atomic E-state index is -0.643. The van der Waals surface area contributed by atoms with Crippen LogP contribution in [0.25, 0.3) is 10.2 Å². The number of carbonyl (C=O) groups is 2. The highest BCUT2D eigenvalue weighted by Gasteiger charge is 2.14. The summed E-state index contributed by atoms with van der Waals surface area (Å²) in [4.78, 5) is 42.5. The smallest absolute Gasteiger partial charge is 0.270 e. The van der Waals surface area contributed by atoms with Gasteiger partial charge in [0, 0.05) is 17.7 Å². The molecule has 2 N–H and O–H groups in total. The predicted molar refractivity (Wildman–Crippen MR) is 102 cm³/mol. The van der Waals surface area contributed by atoms with Gasteiger partial charge in [-0.05, 0) is 23.9 Å². The molecule has 0 spiro atoms. The first-order chi connectivity index (χ1) is 13.0. The Morgan fingerprint density at radius 3 is 2.89 bits per heavy atom. The number of hydrogen-bond donors (Lipinski definition) is 2. The van der Waals surface area contributed by atoms with Crippen molar-refractivity contribution in [1.29, 1.82) is 0 Å². The van der Waals surface area contributed by atoms with Crippen LogP contribution in [0.5, 0.6) is 0 Å². The standard InChI is InChI=1S/C16H13N5O4S2/c1-9-6-26-14-13(9)17-8-18-16(14)27-7-12(22)19-20-15(23)10-3-2-4-11(5-10)21(24)25/h2-6,8H,7H2,1H3,(H,19,22)(H,20,23). The predicted octanol–water partition coefficient (Wildman–Crippen LogP) is 2.46. The average Bonchev–Trinajstić information content (AvgIpc) is 3.06. The summed E-state index contributed by atoms with van der Waals surface area (Å²) in [7, 11) is 0. The van der Waals surface area contributed by atoms with Crippen LogP contribution in [-0.2, 0) is 4.79 Å². The van der Waals surface area contributed by atoms with E-state index in [1.165, 1.54) is 47.6 Å². The van der Waals surface area contributed by atoms with Gasteiger partial charge >= 0.3 is 0 Å². The van der Waals surface area contributed by atoms with Crippen molar-refractivity contribution in [2.75, 3.05) is 5.75 Å². The van der Waals surface area contributed by atoms with Crippen molar-refractivity contribution in [3.05, 3.63) is 57.2 Å². The van der Waals surface area contributed by atoms with Gasteiger partial charge in [-0.1, -0.05) is 17.8 Å². The lowest BCUT2D eigenvalue weighted by Gasteiger charge is -2.07. The first-order valence-corrected chi connectivity index (χ1v) is 9.47. The maximum Gasteiger partial charge on any atom is 0.270 e. The van der Waals surface area contributed by atoms with Crippen LogP contribution in [0.2, 0.25) is 0 Å². The van der Waals surface area contributed by atoms with Gasteiger partial charge in [-0.2, -0.15) is 0 Å². The highest BCUT2D eigenvalue weighted by Crippen LogP contribution is 2.31. The fraction of sp³-hybridized carbons (Fsp3) is 0.125. The van der Waals surface area contributed by atoms with E-state index < -0.39 is 16.7 Å². The molecule has 2 amide bonds. The highest BCUT2D eigenvalue weighted by atomic mass is 32.2. The van der Waals surface area contributed by atoms with E-state index in [1.54, 1.807) is 0 Å². The summed E-state index contributed by atoms with van der Waals surface area (Å²) in [5.41, 5.74) is 6.30. The number of nitro benzene ring substituents is 1. The molecule has 0 radical (unpaired) electrons. The fourth-order valence-electron chi connectivity index (χ4n) is 2.18. The van der Waals surface area contributed by atoms with Crippen LogP contribution in [0.4, 0.5) is 5.69 Å². The van der Waals surface area contributed by atoms with Gasteiger partial charge in [-0.3, -0.25) is 30.6 Å². The number of rotatable bonds is 5. The third-order valence-corrected chi connectivity index (χ3v) is 5.69. The molecule has 0 saturated carbocycles. The first-order valence-electron chi connectivity index (χ1n) is 7.61. The first kappa shape index (κ1) is 18.7. The van der Waals surface area contributed by atoms with E-state index in [1.807, 2.05) is 12.3 Å². The molecule has 2 heterocycles. The number of thiophene rings is 1. The van der Waals surface area contributed by atoms with E-state index in [4.69, 9.17) is 0 Å². The Labute approximate surface area is 161 Å². The van der Waals surface area contributed by atoms with E-state index in [-0.39, 0.29) is 17.0 Å². The van der Waals surface area contributed by atoms with Crippen molar-refractivity contribution in [1.82, 2.24) is 20.8 Å². The van der Waals surface area contributed by atoms with Crippen LogP contribution in [0, 0.1) is 17.0 Å². The summed E-state index contributed by atoms with van der Waals surface area (Å²) >= 11 is 2.74.